The number of nitrogens with zero attached hydrogens (tertiary/aromatic N) is 3. The van der Waals surface area contributed by atoms with Gasteiger partial charge in [-0.3, -0.25) is 0 Å². The van der Waals surface area contributed by atoms with Crippen molar-refractivity contribution >= 4 is 54.5 Å². The maximum absolute atomic E-state index is 14.8. The third kappa shape index (κ3) is 3.41. The maximum Gasteiger partial charge on any atom is 0.165 e. The summed E-state index contributed by atoms with van der Waals surface area (Å²) in [5.41, 5.74) is 4.09. The van der Waals surface area contributed by atoms with Crippen molar-refractivity contribution in [2.45, 2.75) is 38.6 Å². The zero-order valence-corrected chi connectivity index (χ0v) is 18.1. The number of thiazole rings is 1. The van der Waals surface area contributed by atoms with Gasteiger partial charge in [-0.15, -0.1) is 22.7 Å². The van der Waals surface area contributed by atoms with Crippen LogP contribution in [0.25, 0.3) is 20.4 Å². The van der Waals surface area contributed by atoms with Gasteiger partial charge in [-0.1, -0.05) is 6.92 Å². The van der Waals surface area contributed by atoms with Crippen LogP contribution in [-0.4, -0.2) is 34.0 Å². The lowest BCUT2D eigenvalue weighted by Crippen LogP contribution is -2.41. The quantitative estimate of drug-likeness (QED) is 0.411. The van der Waals surface area contributed by atoms with Gasteiger partial charge in [0.1, 0.15) is 4.83 Å². The number of piperidine rings is 1. The standard InChI is InChI=1S/C22H23FN4S2/c1-3-27-8-4-5-15(13(27)2)20-10-16-21(17(23)11-24-22(16)29-20)26-14-6-7-19-18(9-14)25-12-28-19/h6-7,9-13,15H,3-5,8H2,1-2H3,(H,24,26)/t13-,15+/m1/s1. The highest BCUT2D eigenvalue weighted by Gasteiger charge is 2.30. The SMILES string of the molecule is CCN1CCC[C@H](c2cc3c(Nc4ccc5scnc5c4)c(F)cnc3s2)[C@H]1C. The molecule has 5 rings (SSSR count). The second-order valence-corrected chi connectivity index (χ2v) is 9.58. The van der Waals surface area contributed by atoms with Crippen LogP contribution in [0, 0.1) is 5.82 Å². The van der Waals surface area contributed by atoms with Crippen LogP contribution in [0.4, 0.5) is 15.8 Å². The molecule has 4 nitrogen and oxygen atoms in total. The van der Waals surface area contributed by atoms with E-state index in [9.17, 15) is 4.39 Å². The molecule has 0 amide bonds. The first-order valence-electron chi connectivity index (χ1n) is 10.1. The molecule has 0 saturated carbocycles. The number of likely N-dealkylation sites (N-methyl/N-ethyl adjacent to an activating group) is 1. The normalized spacial score (nSPS) is 20.5. The molecule has 1 N–H and O–H groups in total. The van der Waals surface area contributed by atoms with Crippen LogP contribution in [0.2, 0.25) is 0 Å². The molecule has 0 aliphatic carbocycles. The zero-order valence-electron chi connectivity index (χ0n) is 16.5. The monoisotopic (exact) mass is 426 g/mol. The molecule has 1 fully saturated rings. The van der Waals surface area contributed by atoms with Gasteiger partial charge in [0.15, 0.2) is 5.82 Å². The van der Waals surface area contributed by atoms with E-state index >= 15 is 0 Å². The lowest BCUT2D eigenvalue weighted by molar-refractivity contribution is 0.148. The van der Waals surface area contributed by atoms with Gasteiger partial charge in [0.05, 0.1) is 27.6 Å². The van der Waals surface area contributed by atoms with E-state index in [1.54, 1.807) is 22.7 Å². The molecule has 150 valence electrons. The second-order valence-electron chi connectivity index (χ2n) is 7.63. The van der Waals surface area contributed by atoms with Gasteiger partial charge in [0, 0.05) is 27.9 Å². The van der Waals surface area contributed by atoms with Crippen molar-refractivity contribution in [3.8, 4) is 0 Å². The molecule has 0 bridgehead atoms. The van der Waals surface area contributed by atoms with Gasteiger partial charge in [0.2, 0.25) is 0 Å². The summed E-state index contributed by atoms with van der Waals surface area (Å²) in [4.78, 5) is 13.5. The van der Waals surface area contributed by atoms with E-state index in [-0.39, 0.29) is 5.82 Å². The Morgan fingerprint density at radius 1 is 1.28 bits per heavy atom. The van der Waals surface area contributed by atoms with Crippen molar-refractivity contribution in [2.24, 2.45) is 0 Å². The Balaban J connectivity index is 1.52. The van der Waals surface area contributed by atoms with E-state index in [1.165, 1.54) is 23.9 Å². The summed E-state index contributed by atoms with van der Waals surface area (Å²) in [6.07, 6.45) is 3.71. The zero-order chi connectivity index (χ0) is 20.0. The van der Waals surface area contributed by atoms with Crippen molar-refractivity contribution in [1.82, 2.24) is 14.9 Å². The predicted octanol–water partition coefficient (Wildman–Crippen LogP) is 6.38. The van der Waals surface area contributed by atoms with Crippen molar-refractivity contribution in [3.05, 3.63) is 46.7 Å². The minimum Gasteiger partial charge on any atom is -0.352 e. The van der Waals surface area contributed by atoms with E-state index in [2.05, 4.69) is 40.1 Å². The lowest BCUT2D eigenvalue weighted by Gasteiger charge is -2.38. The van der Waals surface area contributed by atoms with Gasteiger partial charge in [-0.25, -0.2) is 14.4 Å². The summed E-state index contributed by atoms with van der Waals surface area (Å²) in [6.45, 7) is 6.77. The smallest absolute Gasteiger partial charge is 0.165 e. The molecule has 4 heterocycles. The molecular weight excluding hydrogens is 403 g/mol. The second kappa shape index (κ2) is 7.63. The number of thiophene rings is 1. The molecule has 0 radical (unpaired) electrons. The Morgan fingerprint density at radius 2 is 2.17 bits per heavy atom. The predicted molar refractivity (Wildman–Crippen MR) is 121 cm³/mol. The lowest BCUT2D eigenvalue weighted by atomic mass is 9.89. The van der Waals surface area contributed by atoms with Crippen LogP contribution < -0.4 is 5.32 Å². The first-order chi connectivity index (χ1) is 14.1. The van der Waals surface area contributed by atoms with E-state index < -0.39 is 0 Å². The van der Waals surface area contributed by atoms with E-state index in [0.717, 1.165) is 39.2 Å². The molecule has 2 atom stereocenters. The highest BCUT2D eigenvalue weighted by Crippen LogP contribution is 2.41. The molecular formula is C22H23FN4S2. The fourth-order valence-electron chi connectivity index (χ4n) is 4.41. The third-order valence-electron chi connectivity index (χ3n) is 6.02. The van der Waals surface area contributed by atoms with Crippen LogP contribution >= 0.6 is 22.7 Å². The van der Waals surface area contributed by atoms with E-state index in [4.69, 9.17) is 0 Å². The summed E-state index contributed by atoms with van der Waals surface area (Å²) >= 11 is 3.31. The summed E-state index contributed by atoms with van der Waals surface area (Å²) in [5, 5.41) is 4.16. The molecule has 4 aromatic rings. The van der Waals surface area contributed by atoms with Crippen LogP contribution in [0.3, 0.4) is 0 Å². The first-order valence-corrected chi connectivity index (χ1v) is 11.8. The Labute approximate surface area is 177 Å². The minimum absolute atomic E-state index is 0.327. The highest BCUT2D eigenvalue weighted by molar-refractivity contribution is 7.18. The average molecular weight is 427 g/mol. The molecule has 1 saturated heterocycles. The average Bonchev–Trinajstić information content (AvgIpc) is 3.37. The third-order valence-corrected chi connectivity index (χ3v) is 8.01. The fraction of sp³-hybridized carbons (Fsp3) is 0.364. The molecule has 1 aliphatic heterocycles. The molecule has 1 aliphatic rings. The van der Waals surface area contributed by atoms with Crippen LogP contribution in [0.5, 0.6) is 0 Å². The molecule has 0 unspecified atom stereocenters. The first kappa shape index (κ1) is 18.9. The van der Waals surface area contributed by atoms with Crippen molar-refractivity contribution in [3.63, 3.8) is 0 Å². The Bertz CT molecular complexity index is 1170. The van der Waals surface area contributed by atoms with Gasteiger partial charge < -0.3 is 10.2 Å². The van der Waals surface area contributed by atoms with Crippen molar-refractivity contribution in [1.29, 1.82) is 0 Å². The summed E-state index contributed by atoms with van der Waals surface area (Å²) in [5.74, 6) is 0.150. The van der Waals surface area contributed by atoms with Gasteiger partial charge in [-0.2, -0.15) is 0 Å². The number of fused-ring (bicyclic) bond motifs is 2. The number of pyridine rings is 1. The molecule has 3 aromatic heterocycles. The maximum atomic E-state index is 14.8. The van der Waals surface area contributed by atoms with Crippen LogP contribution in [0.1, 0.15) is 37.5 Å². The highest BCUT2D eigenvalue weighted by atomic mass is 32.1. The summed E-state index contributed by atoms with van der Waals surface area (Å²) in [7, 11) is 0. The van der Waals surface area contributed by atoms with E-state index in [1.807, 2.05) is 23.7 Å². The number of nitrogens with one attached hydrogen (secondary N) is 1. The van der Waals surface area contributed by atoms with Gasteiger partial charge in [-0.05, 0) is 57.1 Å². The number of likely N-dealkylation sites (tertiary alicyclic amines) is 1. The molecule has 1 aromatic carbocycles. The van der Waals surface area contributed by atoms with Crippen molar-refractivity contribution < 1.29 is 4.39 Å². The van der Waals surface area contributed by atoms with E-state index in [0.29, 0.717) is 17.6 Å². The Morgan fingerprint density at radius 3 is 3.03 bits per heavy atom. The van der Waals surface area contributed by atoms with Crippen LogP contribution in [0.15, 0.2) is 36.0 Å². The number of hydrogen-bond donors (Lipinski definition) is 1. The topological polar surface area (TPSA) is 41.0 Å². The molecule has 7 heteroatoms. The number of hydrogen-bond acceptors (Lipinski definition) is 6. The fourth-order valence-corrected chi connectivity index (χ4v) is 6.31. The number of rotatable bonds is 4. The minimum atomic E-state index is -0.327. The largest absolute Gasteiger partial charge is 0.352 e. The Kier molecular flexibility index (Phi) is 4.97. The number of benzene rings is 1. The molecule has 0 spiro atoms. The summed E-state index contributed by atoms with van der Waals surface area (Å²) in [6, 6.07) is 8.61. The summed E-state index contributed by atoms with van der Waals surface area (Å²) < 4.78 is 15.9. The number of aromatic nitrogens is 2. The number of halogens is 1. The van der Waals surface area contributed by atoms with Crippen LogP contribution in [-0.2, 0) is 0 Å². The number of anilines is 2. The van der Waals surface area contributed by atoms with Crippen molar-refractivity contribution in [2.75, 3.05) is 18.4 Å². The van der Waals surface area contributed by atoms with Gasteiger partial charge in [0.25, 0.3) is 0 Å². The Hall–Kier alpha value is -2.09. The van der Waals surface area contributed by atoms with Gasteiger partial charge >= 0.3 is 0 Å². The molecule has 29 heavy (non-hydrogen) atoms.